The van der Waals surface area contributed by atoms with Crippen LogP contribution < -0.4 is 0 Å². The van der Waals surface area contributed by atoms with Crippen LogP contribution in [0.3, 0.4) is 0 Å². The van der Waals surface area contributed by atoms with E-state index >= 15 is 0 Å². The summed E-state index contributed by atoms with van der Waals surface area (Å²) in [5, 5.41) is 4.77. The molecule has 0 fully saturated rings. The minimum absolute atomic E-state index is 0.511. The van der Waals surface area contributed by atoms with Gasteiger partial charge in [0.2, 0.25) is 0 Å². The first-order valence-corrected chi connectivity index (χ1v) is 4.99. The van der Waals surface area contributed by atoms with Crippen LogP contribution in [0.1, 0.15) is 20.8 Å². The Bertz CT molecular complexity index is 525. The molecule has 0 radical (unpaired) electrons. The van der Waals surface area contributed by atoms with Gasteiger partial charge in [0.25, 0.3) is 0 Å². The monoisotopic (exact) mass is 219 g/mol. The van der Waals surface area contributed by atoms with E-state index in [-0.39, 0.29) is 0 Å². The van der Waals surface area contributed by atoms with Crippen LogP contribution in [0.5, 0.6) is 0 Å². The zero-order valence-electron chi connectivity index (χ0n) is 9.47. The summed E-state index contributed by atoms with van der Waals surface area (Å²) in [6.45, 7) is 5.43. The summed E-state index contributed by atoms with van der Waals surface area (Å²) in [4.78, 5) is 15.9. The maximum Gasteiger partial charge on any atom is 0.437 e. The molecule has 2 aromatic rings. The second kappa shape index (κ2) is 3.59. The highest BCUT2D eigenvalue weighted by atomic mass is 16.6. The van der Waals surface area contributed by atoms with Gasteiger partial charge in [-0.1, -0.05) is 0 Å². The van der Waals surface area contributed by atoms with Crippen molar-refractivity contribution in [3.63, 3.8) is 0 Å². The van der Waals surface area contributed by atoms with Crippen LogP contribution in [0.25, 0.3) is 11.0 Å². The lowest BCUT2D eigenvalue weighted by molar-refractivity contribution is 0.0522. The molecule has 0 aliphatic heterocycles. The number of hydrogen-bond acceptors (Lipinski definition) is 4. The van der Waals surface area contributed by atoms with Gasteiger partial charge in [0.15, 0.2) is 5.65 Å². The highest BCUT2D eigenvalue weighted by molar-refractivity contribution is 5.84. The number of nitrogens with zero attached hydrogens (tertiary/aromatic N) is 3. The number of hydrogen-bond donors (Lipinski definition) is 0. The topological polar surface area (TPSA) is 57.0 Å². The Morgan fingerprint density at radius 3 is 2.88 bits per heavy atom. The molecule has 0 N–H and O–H groups in total. The fraction of sp³-hybridized carbons (Fsp3) is 0.364. The Labute approximate surface area is 93.0 Å². The van der Waals surface area contributed by atoms with Crippen molar-refractivity contribution < 1.29 is 9.53 Å². The fourth-order valence-corrected chi connectivity index (χ4v) is 1.30. The van der Waals surface area contributed by atoms with E-state index in [1.54, 1.807) is 18.5 Å². The molecule has 2 heterocycles. The first-order valence-electron chi connectivity index (χ1n) is 4.99. The third-order valence-corrected chi connectivity index (χ3v) is 1.90. The average molecular weight is 219 g/mol. The summed E-state index contributed by atoms with van der Waals surface area (Å²) in [7, 11) is 0. The SMILES string of the molecule is CC(C)(C)OC(=O)n1ncc2cccnc21. The number of ether oxygens (including phenoxy) is 1. The van der Waals surface area contributed by atoms with Gasteiger partial charge in [-0.2, -0.15) is 5.10 Å². The number of fused-ring (bicyclic) bond motifs is 1. The molecule has 0 amide bonds. The van der Waals surface area contributed by atoms with Gasteiger partial charge in [0.1, 0.15) is 5.60 Å². The molecular formula is C11H13N3O2. The van der Waals surface area contributed by atoms with Crippen molar-refractivity contribution in [1.29, 1.82) is 0 Å². The second-order valence-corrected chi connectivity index (χ2v) is 4.45. The summed E-state index contributed by atoms with van der Waals surface area (Å²) >= 11 is 0. The van der Waals surface area contributed by atoms with Crippen molar-refractivity contribution in [2.75, 3.05) is 0 Å². The van der Waals surface area contributed by atoms with Crippen LogP contribution in [-0.4, -0.2) is 26.5 Å². The molecule has 0 spiro atoms. The number of carbonyl (C=O) groups excluding carboxylic acids is 1. The molecule has 0 aliphatic rings. The Balaban J connectivity index is 2.37. The number of carbonyl (C=O) groups is 1. The first kappa shape index (κ1) is 10.6. The summed E-state index contributed by atoms with van der Waals surface area (Å²) in [6.07, 6.45) is 2.69. The summed E-state index contributed by atoms with van der Waals surface area (Å²) in [6, 6.07) is 3.64. The van der Waals surface area contributed by atoms with E-state index in [0.29, 0.717) is 5.65 Å². The van der Waals surface area contributed by atoms with Crippen LogP contribution in [0.15, 0.2) is 24.5 Å². The Kier molecular flexibility index (Phi) is 2.38. The van der Waals surface area contributed by atoms with Crippen LogP contribution in [0.4, 0.5) is 4.79 Å². The molecule has 84 valence electrons. The summed E-state index contributed by atoms with van der Waals surface area (Å²) in [5.74, 6) is 0. The Morgan fingerprint density at radius 1 is 1.44 bits per heavy atom. The quantitative estimate of drug-likeness (QED) is 0.681. The number of aromatic nitrogens is 3. The van der Waals surface area contributed by atoms with Gasteiger partial charge in [0.05, 0.1) is 6.20 Å². The largest absolute Gasteiger partial charge is 0.442 e. The molecular weight excluding hydrogens is 206 g/mol. The van der Waals surface area contributed by atoms with Gasteiger partial charge in [-0.3, -0.25) is 0 Å². The van der Waals surface area contributed by atoms with E-state index in [9.17, 15) is 4.79 Å². The lowest BCUT2D eigenvalue weighted by atomic mass is 10.2. The third-order valence-electron chi connectivity index (χ3n) is 1.90. The second-order valence-electron chi connectivity index (χ2n) is 4.45. The van der Waals surface area contributed by atoms with E-state index in [4.69, 9.17) is 4.74 Å². The molecule has 5 heteroatoms. The van der Waals surface area contributed by atoms with Crippen LogP contribution in [-0.2, 0) is 4.74 Å². The van der Waals surface area contributed by atoms with Crippen molar-refractivity contribution >= 4 is 17.1 Å². The highest BCUT2D eigenvalue weighted by Crippen LogP contribution is 2.13. The van der Waals surface area contributed by atoms with Gasteiger partial charge in [-0.15, -0.1) is 4.68 Å². The van der Waals surface area contributed by atoms with Gasteiger partial charge in [0, 0.05) is 11.6 Å². The van der Waals surface area contributed by atoms with Crippen molar-refractivity contribution in [2.24, 2.45) is 0 Å². The smallest absolute Gasteiger partial charge is 0.437 e. The fourth-order valence-electron chi connectivity index (χ4n) is 1.30. The molecule has 0 unspecified atom stereocenters. The molecule has 0 saturated carbocycles. The minimum Gasteiger partial charge on any atom is -0.442 e. The van der Waals surface area contributed by atoms with Crippen molar-refractivity contribution in [2.45, 2.75) is 26.4 Å². The zero-order chi connectivity index (χ0) is 11.8. The van der Waals surface area contributed by atoms with E-state index < -0.39 is 11.7 Å². The van der Waals surface area contributed by atoms with E-state index in [1.807, 2.05) is 26.8 Å². The molecule has 0 atom stereocenters. The molecule has 0 bridgehead atoms. The average Bonchev–Trinajstić information content (AvgIpc) is 2.58. The lowest BCUT2D eigenvalue weighted by Crippen LogP contribution is -2.27. The molecule has 0 saturated heterocycles. The minimum atomic E-state index is -0.538. The van der Waals surface area contributed by atoms with Gasteiger partial charge < -0.3 is 4.74 Å². The van der Waals surface area contributed by atoms with Crippen molar-refractivity contribution in [1.82, 2.24) is 14.8 Å². The lowest BCUT2D eigenvalue weighted by Gasteiger charge is -2.18. The summed E-state index contributed by atoms with van der Waals surface area (Å²) in [5.41, 5.74) is -0.0267. The zero-order valence-corrected chi connectivity index (χ0v) is 9.47. The first-order chi connectivity index (χ1) is 7.47. The Hall–Kier alpha value is -1.91. The van der Waals surface area contributed by atoms with Crippen molar-refractivity contribution in [3.05, 3.63) is 24.5 Å². The van der Waals surface area contributed by atoms with E-state index in [0.717, 1.165) is 5.39 Å². The van der Waals surface area contributed by atoms with Crippen LogP contribution in [0, 0.1) is 0 Å². The molecule has 5 nitrogen and oxygen atoms in total. The van der Waals surface area contributed by atoms with Crippen LogP contribution in [0.2, 0.25) is 0 Å². The normalized spacial score (nSPS) is 11.7. The molecule has 2 rings (SSSR count). The maximum atomic E-state index is 11.8. The standard InChI is InChI=1S/C11H13N3O2/c1-11(2,3)16-10(15)14-9-8(7-13-14)5-4-6-12-9/h4-7H,1-3H3. The van der Waals surface area contributed by atoms with Crippen LogP contribution >= 0.6 is 0 Å². The third kappa shape index (κ3) is 2.03. The Morgan fingerprint density at radius 2 is 2.19 bits per heavy atom. The molecule has 2 aromatic heterocycles. The van der Waals surface area contributed by atoms with Gasteiger partial charge in [-0.05, 0) is 32.9 Å². The number of rotatable bonds is 0. The van der Waals surface area contributed by atoms with E-state index in [1.165, 1.54) is 4.68 Å². The van der Waals surface area contributed by atoms with Gasteiger partial charge >= 0.3 is 6.09 Å². The molecule has 0 aromatic carbocycles. The van der Waals surface area contributed by atoms with Gasteiger partial charge in [-0.25, -0.2) is 9.78 Å². The highest BCUT2D eigenvalue weighted by Gasteiger charge is 2.20. The number of pyridine rings is 1. The predicted molar refractivity (Wildman–Crippen MR) is 59.2 cm³/mol. The maximum absolute atomic E-state index is 11.8. The molecule has 16 heavy (non-hydrogen) atoms. The van der Waals surface area contributed by atoms with Crippen molar-refractivity contribution in [3.8, 4) is 0 Å². The molecule has 0 aliphatic carbocycles. The predicted octanol–water partition coefficient (Wildman–Crippen LogP) is 2.21. The summed E-state index contributed by atoms with van der Waals surface area (Å²) < 4.78 is 6.38. The van der Waals surface area contributed by atoms with E-state index in [2.05, 4.69) is 10.1 Å².